The minimum atomic E-state index is -3.53. The number of ether oxygens (including phenoxy) is 3. The van der Waals surface area contributed by atoms with Crippen molar-refractivity contribution in [2.24, 2.45) is 0 Å². The number of hydrogen-bond donors (Lipinski definition) is 4. The van der Waals surface area contributed by atoms with Gasteiger partial charge in [-0.05, 0) is 80.1 Å². The van der Waals surface area contributed by atoms with Crippen molar-refractivity contribution in [2.45, 2.75) is 432 Å². The highest BCUT2D eigenvalue weighted by Gasteiger charge is 2.41. The van der Waals surface area contributed by atoms with E-state index in [1.165, 1.54) is 313 Å². The molecule has 0 aromatic heterocycles. The van der Waals surface area contributed by atoms with E-state index in [2.05, 4.69) is 56.0 Å². The predicted molar refractivity (Wildman–Crippen MR) is 449 cm³/mol. The van der Waals surface area contributed by atoms with Gasteiger partial charge in [0.15, 0.2) is 0 Å². The first-order chi connectivity index (χ1) is 50.1. The molecule has 0 saturated heterocycles. The maximum atomic E-state index is 11.9. The van der Waals surface area contributed by atoms with E-state index in [9.17, 15) is 14.4 Å². The fraction of sp³-hybridized carbons (Fsp3) is 1.00. The summed E-state index contributed by atoms with van der Waals surface area (Å²) >= 11 is 0. The van der Waals surface area contributed by atoms with Gasteiger partial charge in [0, 0.05) is 57.2 Å². The molecule has 0 aromatic carbocycles. The Kier molecular flexibility index (Phi) is 72.1. The molecule has 0 amide bonds. The van der Waals surface area contributed by atoms with Crippen molar-refractivity contribution in [3.05, 3.63) is 0 Å². The first kappa shape index (κ1) is 104. The van der Waals surface area contributed by atoms with Crippen LogP contribution in [-0.4, -0.2) is 202 Å². The Morgan fingerprint density at radius 2 is 0.500 bits per heavy atom. The Hall–Kier alpha value is 0.0506. The summed E-state index contributed by atoms with van der Waals surface area (Å²) < 4.78 is 58.4. The molecule has 4 N–H and O–H groups in total. The first-order valence-corrected chi connectivity index (χ1v) is 51.4. The summed E-state index contributed by atoms with van der Waals surface area (Å²) in [4.78, 5) is 37.1. The van der Waals surface area contributed by atoms with Gasteiger partial charge in [0.25, 0.3) is 0 Å². The SMILES string of the molecule is CCCCCCCCCCCCCCCCCC[NH+](C)CCC[Si](O)(OCC)OC(C)COCC(COCC(C)O[Si](O)(CCC[N+](C)(C)CCCCCCCCCCCCCCCCCC)OCC)OCC(C)O[Si](O)(CCC[N+](C)(C)CCCCCCCCCCCCCCCCCC)OCC. The van der Waals surface area contributed by atoms with E-state index in [0.717, 1.165) is 67.5 Å². The predicted octanol–water partition coefficient (Wildman–Crippen LogP) is 21.1. The zero-order valence-corrected chi connectivity index (χ0v) is 75.3. The second-order valence-corrected chi connectivity index (χ2v) is 41.0. The van der Waals surface area contributed by atoms with Crippen LogP contribution < -0.4 is 4.90 Å². The number of nitrogens with zero attached hydrogens (tertiary/aromatic N) is 2. The third kappa shape index (κ3) is 68.8. The van der Waals surface area contributed by atoms with Crippen LogP contribution in [0.25, 0.3) is 0 Å². The van der Waals surface area contributed by atoms with Crippen LogP contribution in [0.1, 0.15) is 390 Å². The summed E-state index contributed by atoms with van der Waals surface area (Å²) in [5.74, 6) is 0. The van der Waals surface area contributed by atoms with Gasteiger partial charge in [0.2, 0.25) is 0 Å². The lowest BCUT2D eigenvalue weighted by Gasteiger charge is -2.32. The fourth-order valence-corrected chi connectivity index (χ4v) is 21.2. The van der Waals surface area contributed by atoms with E-state index >= 15 is 0 Å². The molecule has 0 radical (unpaired) electrons. The van der Waals surface area contributed by atoms with Crippen molar-refractivity contribution in [1.82, 2.24) is 0 Å². The number of rotatable bonds is 86. The summed E-state index contributed by atoms with van der Waals surface area (Å²) in [5, 5.41) is 0. The molecule has 0 spiro atoms. The Bertz CT molecular complexity index is 1770. The van der Waals surface area contributed by atoms with Crippen LogP contribution in [-0.2, 0) is 40.8 Å². The smallest absolute Gasteiger partial charge is 0.390 e. The summed E-state index contributed by atoms with van der Waals surface area (Å²) in [6.07, 6.45) is 66.7. The molecule has 0 fully saturated rings. The fourth-order valence-electron chi connectivity index (χ4n) is 14.9. The van der Waals surface area contributed by atoms with Gasteiger partial charge in [-0.2, -0.15) is 0 Å². The van der Waals surface area contributed by atoms with Gasteiger partial charge in [-0.3, -0.25) is 0 Å². The van der Waals surface area contributed by atoms with Crippen LogP contribution in [0.5, 0.6) is 0 Å². The molecule has 0 aromatic rings. The van der Waals surface area contributed by atoms with Gasteiger partial charge in [-0.15, -0.1) is 0 Å². The highest BCUT2D eigenvalue weighted by atomic mass is 28.4. The molecule has 0 rings (SSSR count). The maximum absolute atomic E-state index is 11.9. The molecule has 8 atom stereocenters. The molecule has 0 aliphatic carbocycles. The largest absolute Gasteiger partial charge is 0.498 e. The third-order valence-electron chi connectivity index (χ3n) is 21.4. The highest BCUT2D eigenvalue weighted by Crippen LogP contribution is 2.24. The summed E-state index contributed by atoms with van der Waals surface area (Å²) in [6, 6.07) is 1.49. The standard InChI is InChI=1S/C86H185N3O12Si3/c1-15-21-24-27-30-33-36-39-42-45-48-51-54-57-60-63-69-87(10)70-66-75-102(90,96-18-4)99-83(7)78-93-81-86(95-80-85(9)101-104(92,98-20-6)77-68-74-89(13,14)72-65-62-59-56-53-50-47-44-41-38-35-32-29-26-23-17-3)82-94-79-84(8)100-103(91,97-19-5)76-67-73-88(11,12)71-64-61-58-55-52-49-46-43-40-37-34-31-28-25-22-16-2/h83-86,90-92H,15-82H2,1-14H3/q+2/p+1. The molecule has 626 valence electrons. The van der Waals surface area contributed by atoms with Gasteiger partial charge in [-0.1, -0.05) is 290 Å². The van der Waals surface area contributed by atoms with Gasteiger partial charge >= 0.3 is 26.4 Å². The summed E-state index contributed by atoms with van der Waals surface area (Å²) in [7, 11) is 1.00. The molecule has 0 bridgehead atoms. The van der Waals surface area contributed by atoms with E-state index in [0.29, 0.717) is 38.0 Å². The second-order valence-electron chi connectivity index (χ2n) is 33.7. The lowest BCUT2D eigenvalue weighted by atomic mass is 10.0. The number of quaternary nitrogens is 3. The lowest BCUT2D eigenvalue weighted by molar-refractivity contribution is -0.890. The molecular formula is C86H186N3O12Si3+3. The van der Waals surface area contributed by atoms with Crippen LogP contribution in [0.3, 0.4) is 0 Å². The summed E-state index contributed by atoms with van der Waals surface area (Å²) in [5.41, 5.74) is 0. The quantitative estimate of drug-likeness (QED) is 0.0261. The third-order valence-corrected chi connectivity index (χ3v) is 28.9. The molecule has 0 heterocycles. The van der Waals surface area contributed by atoms with E-state index in [1.807, 2.05) is 41.5 Å². The molecule has 8 unspecified atom stereocenters. The number of unbranched alkanes of at least 4 members (excludes halogenated alkanes) is 45. The second kappa shape index (κ2) is 72.0. The molecule has 0 saturated carbocycles. The number of nitrogens with one attached hydrogen (secondary N) is 1. The zero-order valence-electron chi connectivity index (χ0n) is 72.3. The van der Waals surface area contributed by atoms with E-state index in [1.54, 1.807) is 0 Å². The van der Waals surface area contributed by atoms with Crippen molar-refractivity contribution in [2.75, 3.05) is 127 Å². The van der Waals surface area contributed by atoms with Crippen LogP contribution >= 0.6 is 0 Å². The van der Waals surface area contributed by atoms with Crippen molar-refractivity contribution in [1.29, 1.82) is 0 Å². The molecular weight excluding hydrogens is 1350 g/mol. The van der Waals surface area contributed by atoms with Crippen LogP contribution in [0, 0.1) is 0 Å². The molecule has 0 aliphatic heterocycles. The molecule has 104 heavy (non-hydrogen) atoms. The highest BCUT2D eigenvalue weighted by molar-refractivity contribution is 6.60. The Morgan fingerprint density at radius 1 is 0.279 bits per heavy atom. The Morgan fingerprint density at radius 3 is 0.769 bits per heavy atom. The van der Waals surface area contributed by atoms with Crippen LogP contribution in [0.15, 0.2) is 0 Å². The van der Waals surface area contributed by atoms with Crippen molar-refractivity contribution >= 4 is 26.4 Å². The summed E-state index contributed by atoms with van der Waals surface area (Å²) in [6.45, 7) is 26.9. The Balaban J connectivity index is 5.41. The topological polar surface area (TPSA) is 148 Å². The van der Waals surface area contributed by atoms with Gasteiger partial charge < -0.3 is 69.0 Å². The minimum Gasteiger partial charge on any atom is -0.390 e. The Labute approximate surface area is 651 Å². The van der Waals surface area contributed by atoms with E-state index in [-0.39, 0.29) is 33.0 Å². The number of hydrogen-bond acceptors (Lipinski definition) is 12. The minimum absolute atomic E-state index is 0.191. The maximum Gasteiger partial charge on any atom is 0.498 e. The average Bonchev–Trinajstić information content (AvgIpc) is 0.886. The van der Waals surface area contributed by atoms with Crippen LogP contribution in [0.4, 0.5) is 0 Å². The van der Waals surface area contributed by atoms with Crippen molar-refractivity contribution < 1.29 is 69.0 Å². The van der Waals surface area contributed by atoms with Crippen LogP contribution in [0.2, 0.25) is 18.1 Å². The lowest BCUT2D eigenvalue weighted by Crippen LogP contribution is -3.09. The molecule has 18 heteroatoms. The van der Waals surface area contributed by atoms with E-state index in [4.69, 9.17) is 40.8 Å². The van der Waals surface area contributed by atoms with Crippen molar-refractivity contribution in [3.8, 4) is 0 Å². The van der Waals surface area contributed by atoms with Gasteiger partial charge in [0.05, 0.1) is 126 Å². The molecule has 0 aliphatic rings. The van der Waals surface area contributed by atoms with Crippen molar-refractivity contribution in [3.63, 3.8) is 0 Å². The monoisotopic (exact) mass is 1540 g/mol. The molecule has 15 nitrogen and oxygen atoms in total. The van der Waals surface area contributed by atoms with E-state index < -0.39 is 50.8 Å². The van der Waals surface area contributed by atoms with Gasteiger partial charge in [0.1, 0.15) is 6.10 Å². The average molecular weight is 1540 g/mol. The first-order valence-electron chi connectivity index (χ1n) is 45.5. The normalized spacial score (nSPS) is 15.7. The zero-order chi connectivity index (χ0) is 76.8. The van der Waals surface area contributed by atoms with Gasteiger partial charge in [-0.25, -0.2) is 0 Å².